The molecule has 3 saturated heterocycles. The molecule has 3 unspecified atom stereocenters. The SMILES string of the molecule is CCNC1CC2CCCC(C1)N2CC1CN(C)CCN1C. The maximum atomic E-state index is 3.71. The average molecular weight is 294 g/mol. The van der Waals surface area contributed by atoms with Crippen LogP contribution in [-0.4, -0.2) is 85.7 Å². The van der Waals surface area contributed by atoms with Crippen LogP contribution in [0, 0.1) is 0 Å². The highest BCUT2D eigenvalue weighted by atomic mass is 15.3. The number of nitrogens with zero attached hydrogens (tertiary/aromatic N) is 3. The fourth-order valence-electron chi connectivity index (χ4n) is 4.77. The van der Waals surface area contributed by atoms with Crippen molar-refractivity contribution in [3.8, 4) is 0 Å². The second-order valence-electron chi connectivity index (χ2n) is 7.56. The lowest BCUT2D eigenvalue weighted by atomic mass is 9.81. The molecule has 4 nitrogen and oxygen atoms in total. The van der Waals surface area contributed by atoms with Crippen LogP contribution < -0.4 is 5.32 Å². The Kier molecular flexibility index (Phi) is 5.20. The first-order valence-electron chi connectivity index (χ1n) is 9.05. The second-order valence-corrected chi connectivity index (χ2v) is 7.56. The highest BCUT2D eigenvalue weighted by Gasteiger charge is 2.39. The summed E-state index contributed by atoms with van der Waals surface area (Å²) < 4.78 is 0. The third-order valence-corrected chi connectivity index (χ3v) is 6.02. The molecule has 3 aliphatic rings. The Labute approximate surface area is 130 Å². The zero-order chi connectivity index (χ0) is 14.8. The fourth-order valence-corrected chi connectivity index (χ4v) is 4.77. The van der Waals surface area contributed by atoms with Crippen LogP contribution in [0.3, 0.4) is 0 Å². The van der Waals surface area contributed by atoms with E-state index in [1.807, 2.05) is 0 Å². The van der Waals surface area contributed by atoms with E-state index in [1.165, 1.54) is 58.3 Å². The van der Waals surface area contributed by atoms with E-state index >= 15 is 0 Å². The normalized spacial score (nSPS) is 39.6. The van der Waals surface area contributed by atoms with Gasteiger partial charge in [-0.25, -0.2) is 0 Å². The van der Waals surface area contributed by atoms with Gasteiger partial charge in [-0.15, -0.1) is 0 Å². The van der Waals surface area contributed by atoms with E-state index in [0.29, 0.717) is 0 Å². The molecule has 4 heteroatoms. The van der Waals surface area contributed by atoms with Crippen molar-refractivity contribution in [2.75, 3.05) is 46.8 Å². The largest absolute Gasteiger partial charge is 0.314 e. The van der Waals surface area contributed by atoms with Gasteiger partial charge in [0.15, 0.2) is 0 Å². The lowest BCUT2D eigenvalue weighted by Gasteiger charge is -2.51. The van der Waals surface area contributed by atoms with Gasteiger partial charge < -0.3 is 10.2 Å². The van der Waals surface area contributed by atoms with Crippen molar-refractivity contribution < 1.29 is 0 Å². The summed E-state index contributed by atoms with van der Waals surface area (Å²) >= 11 is 0. The molecule has 3 atom stereocenters. The second kappa shape index (κ2) is 6.95. The van der Waals surface area contributed by atoms with Crippen LogP contribution in [-0.2, 0) is 0 Å². The summed E-state index contributed by atoms with van der Waals surface area (Å²) in [4.78, 5) is 7.98. The van der Waals surface area contributed by atoms with Crippen molar-refractivity contribution in [3.63, 3.8) is 0 Å². The molecule has 122 valence electrons. The Hall–Kier alpha value is -0.160. The predicted octanol–water partition coefficient (Wildman–Crippen LogP) is 1.23. The molecule has 0 amide bonds. The molecule has 0 saturated carbocycles. The molecule has 3 fully saturated rings. The number of piperidine rings is 2. The lowest BCUT2D eigenvalue weighted by molar-refractivity contribution is -0.00923. The summed E-state index contributed by atoms with van der Waals surface area (Å²) in [7, 11) is 4.59. The molecular formula is C17H34N4. The molecular weight excluding hydrogens is 260 g/mol. The summed E-state index contributed by atoms with van der Waals surface area (Å²) in [6, 6.07) is 3.17. The molecule has 3 rings (SSSR count). The Bertz CT molecular complexity index is 321. The van der Waals surface area contributed by atoms with E-state index in [0.717, 1.165) is 30.7 Å². The number of hydrogen-bond donors (Lipinski definition) is 1. The molecule has 21 heavy (non-hydrogen) atoms. The average Bonchev–Trinajstić information content (AvgIpc) is 2.44. The first-order valence-corrected chi connectivity index (χ1v) is 9.05. The number of hydrogen-bond acceptors (Lipinski definition) is 4. The van der Waals surface area contributed by atoms with Crippen LogP contribution in [0.15, 0.2) is 0 Å². The first-order chi connectivity index (χ1) is 10.2. The maximum absolute atomic E-state index is 3.71. The summed E-state index contributed by atoms with van der Waals surface area (Å²) in [6.45, 7) is 8.35. The molecule has 0 spiro atoms. The number of likely N-dealkylation sites (N-methyl/N-ethyl adjacent to an activating group) is 2. The van der Waals surface area contributed by atoms with Gasteiger partial charge >= 0.3 is 0 Å². The van der Waals surface area contributed by atoms with Crippen LogP contribution in [0.5, 0.6) is 0 Å². The van der Waals surface area contributed by atoms with E-state index in [2.05, 4.69) is 41.0 Å². The quantitative estimate of drug-likeness (QED) is 0.842. The van der Waals surface area contributed by atoms with Gasteiger partial charge in [0.25, 0.3) is 0 Å². The van der Waals surface area contributed by atoms with Crippen molar-refractivity contribution >= 4 is 0 Å². The van der Waals surface area contributed by atoms with Crippen LogP contribution >= 0.6 is 0 Å². The minimum atomic E-state index is 0.725. The third kappa shape index (κ3) is 3.61. The van der Waals surface area contributed by atoms with Gasteiger partial charge in [-0.2, -0.15) is 0 Å². The summed E-state index contributed by atoms with van der Waals surface area (Å²) in [6.07, 6.45) is 7.04. The van der Waals surface area contributed by atoms with Gasteiger partial charge in [0.2, 0.25) is 0 Å². The third-order valence-electron chi connectivity index (χ3n) is 6.02. The van der Waals surface area contributed by atoms with Crippen LogP contribution in [0.1, 0.15) is 39.0 Å². The van der Waals surface area contributed by atoms with Gasteiger partial charge in [0.05, 0.1) is 0 Å². The van der Waals surface area contributed by atoms with Crippen molar-refractivity contribution in [2.24, 2.45) is 0 Å². The number of rotatable bonds is 4. The zero-order valence-corrected chi connectivity index (χ0v) is 14.2. The number of nitrogens with one attached hydrogen (secondary N) is 1. The highest BCUT2D eigenvalue weighted by Crippen LogP contribution is 2.34. The van der Waals surface area contributed by atoms with E-state index in [9.17, 15) is 0 Å². The van der Waals surface area contributed by atoms with E-state index in [-0.39, 0.29) is 0 Å². The minimum absolute atomic E-state index is 0.725. The Morgan fingerprint density at radius 3 is 2.43 bits per heavy atom. The van der Waals surface area contributed by atoms with Crippen molar-refractivity contribution in [2.45, 2.75) is 63.2 Å². The molecule has 2 bridgehead atoms. The Balaban J connectivity index is 1.62. The van der Waals surface area contributed by atoms with Gasteiger partial charge in [0.1, 0.15) is 0 Å². The Morgan fingerprint density at radius 1 is 1.05 bits per heavy atom. The van der Waals surface area contributed by atoms with Gasteiger partial charge in [-0.05, 0) is 46.3 Å². The van der Waals surface area contributed by atoms with Crippen LogP contribution in [0.25, 0.3) is 0 Å². The first kappa shape index (κ1) is 15.7. The smallest absolute Gasteiger partial charge is 0.0348 e. The number of fused-ring (bicyclic) bond motifs is 2. The zero-order valence-electron chi connectivity index (χ0n) is 14.2. The molecule has 0 radical (unpaired) electrons. The summed E-state index contributed by atoms with van der Waals surface area (Å²) in [5.74, 6) is 0. The topological polar surface area (TPSA) is 21.8 Å². The van der Waals surface area contributed by atoms with E-state index in [4.69, 9.17) is 0 Å². The minimum Gasteiger partial charge on any atom is -0.314 e. The summed E-state index contributed by atoms with van der Waals surface area (Å²) in [5, 5.41) is 3.71. The van der Waals surface area contributed by atoms with Gasteiger partial charge in [0, 0.05) is 50.3 Å². The molecule has 3 heterocycles. The number of piperazine rings is 1. The van der Waals surface area contributed by atoms with E-state index in [1.54, 1.807) is 0 Å². The molecule has 0 aliphatic carbocycles. The van der Waals surface area contributed by atoms with Crippen molar-refractivity contribution in [1.29, 1.82) is 0 Å². The maximum Gasteiger partial charge on any atom is 0.0348 e. The fraction of sp³-hybridized carbons (Fsp3) is 1.00. The lowest BCUT2D eigenvalue weighted by Crippen LogP contribution is -2.61. The van der Waals surface area contributed by atoms with Gasteiger partial charge in [-0.1, -0.05) is 13.3 Å². The predicted molar refractivity (Wildman–Crippen MR) is 88.7 cm³/mol. The van der Waals surface area contributed by atoms with Crippen molar-refractivity contribution in [1.82, 2.24) is 20.0 Å². The van der Waals surface area contributed by atoms with Gasteiger partial charge in [-0.3, -0.25) is 9.80 Å². The standard InChI is InChI=1S/C17H34N4/c1-4-18-14-10-15-6-5-7-16(11-14)21(15)13-17-12-19(2)8-9-20(17)3/h14-18H,4-13H2,1-3H3. The van der Waals surface area contributed by atoms with Crippen molar-refractivity contribution in [3.05, 3.63) is 0 Å². The Morgan fingerprint density at radius 2 is 1.76 bits per heavy atom. The van der Waals surface area contributed by atoms with Crippen LogP contribution in [0.2, 0.25) is 0 Å². The molecule has 0 aromatic carbocycles. The highest BCUT2D eigenvalue weighted by molar-refractivity contribution is 4.97. The monoisotopic (exact) mass is 294 g/mol. The van der Waals surface area contributed by atoms with E-state index < -0.39 is 0 Å². The molecule has 3 aliphatic heterocycles. The van der Waals surface area contributed by atoms with Crippen LogP contribution in [0.4, 0.5) is 0 Å². The molecule has 1 N–H and O–H groups in total. The molecule has 0 aromatic rings. The molecule has 0 aromatic heterocycles. The summed E-state index contributed by atoms with van der Waals surface area (Å²) in [5.41, 5.74) is 0.